The van der Waals surface area contributed by atoms with Gasteiger partial charge in [-0.2, -0.15) is 0 Å². The number of anilines is 2. The molecule has 0 aromatic heterocycles. The minimum atomic E-state index is -0.753. The van der Waals surface area contributed by atoms with E-state index >= 15 is 0 Å². The minimum Gasteiger partial charge on any atom is -0.396 e. The van der Waals surface area contributed by atoms with E-state index in [0.29, 0.717) is 11.1 Å². The molecule has 0 spiro atoms. The summed E-state index contributed by atoms with van der Waals surface area (Å²) in [6.45, 7) is 0. The van der Waals surface area contributed by atoms with Gasteiger partial charge in [-0.3, -0.25) is 0 Å². The van der Waals surface area contributed by atoms with E-state index < -0.39 is 17.7 Å². The Morgan fingerprint density at radius 1 is 0.895 bits per heavy atom. The lowest BCUT2D eigenvalue weighted by Crippen LogP contribution is -2.09. The lowest BCUT2D eigenvalue weighted by atomic mass is 9.98. The number of hydrogen-bond acceptors (Lipinski definition) is 3. The zero-order chi connectivity index (χ0) is 14.0. The van der Waals surface area contributed by atoms with Crippen molar-refractivity contribution < 1.29 is 13.3 Å². The van der Waals surface area contributed by atoms with Gasteiger partial charge in [-0.25, -0.2) is 8.78 Å². The van der Waals surface area contributed by atoms with Crippen LogP contribution < -0.4 is 11.5 Å². The summed E-state index contributed by atoms with van der Waals surface area (Å²) in [7, 11) is 2.06. The van der Waals surface area contributed by atoms with Gasteiger partial charge in [-0.1, -0.05) is 24.3 Å². The summed E-state index contributed by atoms with van der Waals surface area (Å²) >= 11 is 0. The lowest BCUT2D eigenvalue weighted by molar-refractivity contribution is 0.294. The van der Waals surface area contributed by atoms with Crippen molar-refractivity contribution in [3.63, 3.8) is 0 Å². The van der Waals surface area contributed by atoms with Gasteiger partial charge in [-0.05, 0) is 12.1 Å². The van der Waals surface area contributed by atoms with E-state index in [9.17, 15) is 8.78 Å². The fourth-order valence-corrected chi connectivity index (χ4v) is 2.17. The second kappa shape index (κ2) is 5.51. The first-order chi connectivity index (χ1) is 9.06. The molecule has 0 aliphatic rings. The van der Waals surface area contributed by atoms with Crippen LogP contribution in [0.15, 0.2) is 36.4 Å². The first-order valence-corrected chi connectivity index (χ1v) is 5.96. The van der Waals surface area contributed by atoms with Gasteiger partial charge in [-0.15, -0.1) is 0 Å². The van der Waals surface area contributed by atoms with Crippen LogP contribution in [-0.4, -0.2) is 0 Å². The number of hydrogen-bond donors (Lipinski definition) is 2. The molecule has 2 aromatic carbocycles. The second-order valence-corrected chi connectivity index (χ2v) is 4.27. The SMILES string of the molecule is Nc1c(F)cccc1C(OP)c1cccc(F)c1N. The van der Waals surface area contributed by atoms with E-state index in [-0.39, 0.29) is 11.4 Å². The summed E-state index contributed by atoms with van der Waals surface area (Å²) < 4.78 is 32.2. The summed E-state index contributed by atoms with van der Waals surface area (Å²) in [6.07, 6.45) is -0.753. The van der Waals surface area contributed by atoms with Crippen LogP contribution in [0.25, 0.3) is 0 Å². The first kappa shape index (κ1) is 13.7. The van der Waals surface area contributed by atoms with Crippen molar-refractivity contribution in [3.05, 3.63) is 59.2 Å². The quantitative estimate of drug-likeness (QED) is 0.672. The zero-order valence-corrected chi connectivity index (χ0v) is 11.1. The molecule has 0 bridgehead atoms. The van der Waals surface area contributed by atoms with Crippen LogP contribution in [0.4, 0.5) is 20.2 Å². The molecule has 0 heterocycles. The fraction of sp³-hybridized carbons (Fsp3) is 0.0769. The molecular weight excluding hydrogens is 269 g/mol. The van der Waals surface area contributed by atoms with E-state index in [2.05, 4.69) is 9.47 Å². The van der Waals surface area contributed by atoms with E-state index in [0.717, 1.165) is 0 Å². The minimum absolute atomic E-state index is 0.0430. The average molecular weight is 282 g/mol. The van der Waals surface area contributed by atoms with Crippen LogP contribution in [0.1, 0.15) is 17.2 Å². The Hall–Kier alpha value is -1.71. The van der Waals surface area contributed by atoms with Crippen LogP contribution in [0, 0.1) is 11.6 Å². The monoisotopic (exact) mass is 282 g/mol. The van der Waals surface area contributed by atoms with Crippen molar-refractivity contribution in [1.82, 2.24) is 0 Å². The number of rotatable bonds is 3. The number of para-hydroxylation sites is 2. The number of nitrogens with two attached hydrogens (primary N) is 2. The van der Waals surface area contributed by atoms with Gasteiger partial charge in [0.1, 0.15) is 17.7 Å². The van der Waals surface area contributed by atoms with Crippen molar-refractivity contribution in [2.24, 2.45) is 0 Å². The van der Waals surface area contributed by atoms with Crippen LogP contribution >= 0.6 is 9.47 Å². The Morgan fingerprint density at radius 3 is 1.68 bits per heavy atom. The number of halogens is 2. The third-order valence-electron chi connectivity index (χ3n) is 2.87. The van der Waals surface area contributed by atoms with Crippen molar-refractivity contribution >= 4 is 20.8 Å². The molecule has 3 nitrogen and oxygen atoms in total. The Labute approximate surface area is 111 Å². The summed E-state index contributed by atoms with van der Waals surface area (Å²) in [5.74, 6) is -1.11. The normalized spacial score (nSPS) is 10.9. The molecule has 4 N–H and O–H groups in total. The van der Waals surface area contributed by atoms with Gasteiger partial charge in [0.25, 0.3) is 0 Å². The zero-order valence-electron chi connectivity index (χ0n) is 9.94. The van der Waals surface area contributed by atoms with Gasteiger partial charge in [0.15, 0.2) is 0 Å². The van der Waals surface area contributed by atoms with E-state index in [1.165, 1.54) is 24.3 Å². The van der Waals surface area contributed by atoms with Crippen LogP contribution in [0.3, 0.4) is 0 Å². The Balaban J connectivity index is 2.57. The van der Waals surface area contributed by atoms with Gasteiger partial charge in [0, 0.05) is 20.6 Å². The molecule has 1 atom stereocenters. The van der Waals surface area contributed by atoms with E-state index in [1.54, 1.807) is 12.1 Å². The highest BCUT2D eigenvalue weighted by Crippen LogP contribution is 2.36. The van der Waals surface area contributed by atoms with Gasteiger partial charge < -0.3 is 16.0 Å². The molecule has 2 aromatic rings. The van der Waals surface area contributed by atoms with E-state index in [4.69, 9.17) is 16.0 Å². The van der Waals surface area contributed by atoms with Crippen molar-refractivity contribution in [2.45, 2.75) is 6.10 Å². The molecule has 0 aliphatic carbocycles. The molecule has 0 aliphatic heterocycles. The smallest absolute Gasteiger partial charge is 0.146 e. The summed E-state index contributed by atoms with van der Waals surface area (Å²) in [4.78, 5) is 0. The number of nitrogen functional groups attached to an aromatic ring is 2. The first-order valence-electron chi connectivity index (χ1n) is 5.49. The predicted octanol–water partition coefficient (Wildman–Crippen LogP) is 3.03. The molecule has 6 heteroatoms. The lowest BCUT2D eigenvalue weighted by Gasteiger charge is -2.20. The molecule has 0 saturated heterocycles. The molecule has 0 radical (unpaired) electrons. The molecular formula is C13H13F2N2OP. The highest BCUT2D eigenvalue weighted by Gasteiger charge is 2.21. The number of benzene rings is 2. The molecule has 0 fully saturated rings. The summed E-state index contributed by atoms with van der Waals surface area (Å²) in [6, 6.07) is 8.72. The molecule has 2 rings (SSSR count). The molecule has 0 amide bonds. The fourth-order valence-electron chi connectivity index (χ4n) is 1.88. The van der Waals surface area contributed by atoms with Crippen molar-refractivity contribution in [1.29, 1.82) is 0 Å². The summed E-state index contributed by atoms with van der Waals surface area (Å²) in [5.41, 5.74) is 12.1. The second-order valence-electron chi connectivity index (χ2n) is 4.00. The topological polar surface area (TPSA) is 61.3 Å². The van der Waals surface area contributed by atoms with Crippen LogP contribution in [0.5, 0.6) is 0 Å². The molecule has 0 saturated carbocycles. The molecule has 19 heavy (non-hydrogen) atoms. The maximum absolute atomic E-state index is 13.5. The van der Waals surface area contributed by atoms with Crippen molar-refractivity contribution in [2.75, 3.05) is 11.5 Å². The third kappa shape index (κ3) is 2.53. The van der Waals surface area contributed by atoms with Gasteiger partial charge in [0.05, 0.1) is 11.4 Å². The largest absolute Gasteiger partial charge is 0.396 e. The van der Waals surface area contributed by atoms with Crippen molar-refractivity contribution in [3.8, 4) is 0 Å². The Bertz CT molecular complexity index is 556. The molecule has 1 unspecified atom stereocenters. The third-order valence-corrected chi connectivity index (χ3v) is 3.15. The maximum atomic E-state index is 13.5. The Morgan fingerprint density at radius 2 is 1.32 bits per heavy atom. The average Bonchev–Trinajstić information content (AvgIpc) is 2.40. The van der Waals surface area contributed by atoms with Crippen LogP contribution in [-0.2, 0) is 4.52 Å². The predicted molar refractivity (Wildman–Crippen MR) is 74.3 cm³/mol. The van der Waals surface area contributed by atoms with E-state index in [1.807, 2.05) is 0 Å². The maximum Gasteiger partial charge on any atom is 0.146 e. The highest BCUT2D eigenvalue weighted by atomic mass is 31.0. The Kier molecular flexibility index (Phi) is 3.98. The van der Waals surface area contributed by atoms with Gasteiger partial charge in [0.2, 0.25) is 0 Å². The summed E-state index contributed by atoms with van der Waals surface area (Å²) in [5, 5.41) is 0. The molecule has 100 valence electrons. The highest BCUT2D eigenvalue weighted by molar-refractivity contribution is 7.09. The standard InChI is InChI=1S/C13H13F2N2OP/c14-9-5-1-3-7(11(9)16)13(18-19)8-4-2-6-10(15)12(8)17/h1-6,13H,16-17,19H2. The van der Waals surface area contributed by atoms with Gasteiger partial charge >= 0.3 is 0 Å². The van der Waals surface area contributed by atoms with Crippen LogP contribution in [0.2, 0.25) is 0 Å².